The first kappa shape index (κ1) is 34.9. The van der Waals surface area contributed by atoms with Gasteiger partial charge in [0.1, 0.15) is 12.1 Å². The number of carbonyl (C=O) groups is 3. The number of rotatable bonds is 12. The number of carbonyl (C=O) groups excluding carboxylic acids is 3. The van der Waals surface area contributed by atoms with Crippen molar-refractivity contribution in [2.75, 3.05) is 0 Å². The molecule has 0 radical (unpaired) electrons. The summed E-state index contributed by atoms with van der Waals surface area (Å²) in [6, 6.07) is -0.734. The molecule has 0 saturated carbocycles. The third-order valence-corrected chi connectivity index (χ3v) is 6.37. The molecule has 0 saturated heterocycles. The van der Waals surface area contributed by atoms with Crippen molar-refractivity contribution in [2.45, 2.75) is 98.8 Å². The predicted octanol–water partition coefficient (Wildman–Crippen LogP) is 5.61. The van der Waals surface area contributed by atoms with Crippen LogP contribution < -0.4 is 10.6 Å². The van der Waals surface area contributed by atoms with Gasteiger partial charge < -0.3 is 20.5 Å². The van der Waals surface area contributed by atoms with Crippen molar-refractivity contribution in [3.05, 3.63) is 58.8 Å². The SMILES string of the molecule is CC1=CC[C@@H]([C@@H](C)/C=C(C)/C=C\C#CCCC(=O)N[C@H](C(=O)N/C=C\C[C@@H](O)C/C=C(\C)Cl)C(C)(C)C)OC1=O. The predicted molar refractivity (Wildman–Crippen MR) is 161 cm³/mol. The van der Waals surface area contributed by atoms with Gasteiger partial charge in [0.2, 0.25) is 11.8 Å². The van der Waals surface area contributed by atoms with Gasteiger partial charge in [-0.15, -0.1) is 0 Å². The summed E-state index contributed by atoms with van der Waals surface area (Å²) in [7, 11) is 0. The zero-order valence-corrected chi connectivity index (χ0v) is 25.6. The quantitative estimate of drug-likeness (QED) is 0.160. The maximum absolute atomic E-state index is 12.7. The molecule has 0 bridgehead atoms. The Bertz CT molecular complexity index is 1090. The van der Waals surface area contributed by atoms with Crippen LogP contribution in [0.2, 0.25) is 0 Å². The summed E-state index contributed by atoms with van der Waals surface area (Å²) >= 11 is 5.77. The van der Waals surface area contributed by atoms with Crippen molar-refractivity contribution < 1.29 is 24.2 Å². The molecule has 8 heteroatoms. The molecule has 1 heterocycles. The second kappa shape index (κ2) is 17.6. The number of hydrogen-bond acceptors (Lipinski definition) is 5. The lowest BCUT2D eigenvalue weighted by molar-refractivity contribution is -0.147. The van der Waals surface area contributed by atoms with E-state index in [4.69, 9.17) is 16.3 Å². The average molecular weight is 573 g/mol. The van der Waals surface area contributed by atoms with E-state index >= 15 is 0 Å². The number of cyclic esters (lactones) is 1. The first-order chi connectivity index (χ1) is 18.7. The number of esters is 1. The number of aliphatic hydroxyl groups excluding tert-OH is 1. The molecule has 1 rings (SSSR count). The van der Waals surface area contributed by atoms with Crippen LogP contribution in [0.3, 0.4) is 0 Å². The summed E-state index contributed by atoms with van der Waals surface area (Å²) in [6.07, 6.45) is 13.7. The third-order valence-electron chi connectivity index (χ3n) is 6.21. The molecule has 0 aromatic rings. The standard InChI is InChI=1S/C32H45ClN2O5/c1-22(21-24(3)27-19-16-23(2)31(39)40-27)13-10-8-9-11-15-28(37)35-29(32(5,6)7)30(38)34-20-12-14-26(36)18-17-25(4)33/h10,12-13,16-17,20-21,24,26-27,29,36H,11,14-15,18-19H2,1-7H3,(H,34,38)(H,35,37)/b13-10-,20-12-,22-21+,25-17+/t24-,26+,27-,29+/m0/s1. The number of ether oxygens (including phenoxy) is 1. The van der Waals surface area contributed by atoms with E-state index in [9.17, 15) is 19.5 Å². The van der Waals surface area contributed by atoms with Crippen LogP contribution in [0.4, 0.5) is 0 Å². The zero-order valence-electron chi connectivity index (χ0n) is 24.8. The Kier molecular flexibility index (Phi) is 15.4. The van der Waals surface area contributed by atoms with Gasteiger partial charge >= 0.3 is 5.97 Å². The van der Waals surface area contributed by atoms with Gasteiger partial charge in [0.25, 0.3) is 0 Å². The molecule has 3 N–H and O–H groups in total. The number of nitrogens with one attached hydrogen (secondary N) is 2. The van der Waals surface area contributed by atoms with Gasteiger partial charge in [0.05, 0.1) is 6.10 Å². The van der Waals surface area contributed by atoms with Crippen LogP contribution in [0.15, 0.2) is 58.8 Å². The van der Waals surface area contributed by atoms with E-state index in [2.05, 4.69) is 22.5 Å². The van der Waals surface area contributed by atoms with E-state index in [1.165, 1.54) is 6.20 Å². The summed E-state index contributed by atoms with van der Waals surface area (Å²) in [4.78, 5) is 37.0. The molecule has 2 amide bonds. The summed E-state index contributed by atoms with van der Waals surface area (Å²) in [5.74, 6) is 5.12. The smallest absolute Gasteiger partial charge is 0.333 e. The van der Waals surface area contributed by atoms with E-state index < -0.39 is 17.6 Å². The first-order valence-corrected chi connectivity index (χ1v) is 14.0. The van der Waals surface area contributed by atoms with Gasteiger partial charge in [-0.25, -0.2) is 4.79 Å². The molecular weight excluding hydrogens is 528 g/mol. The lowest BCUT2D eigenvalue weighted by Crippen LogP contribution is -2.52. The van der Waals surface area contributed by atoms with E-state index in [1.54, 1.807) is 32.1 Å². The largest absolute Gasteiger partial charge is 0.458 e. The number of hydrogen-bond donors (Lipinski definition) is 3. The highest BCUT2D eigenvalue weighted by atomic mass is 35.5. The molecule has 220 valence electrons. The highest BCUT2D eigenvalue weighted by Crippen LogP contribution is 2.22. The Morgan fingerprint density at radius 2 is 1.98 bits per heavy atom. The second-order valence-electron chi connectivity index (χ2n) is 11.2. The molecule has 0 aromatic heterocycles. The van der Waals surface area contributed by atoms with Crippen LogP contribution in [-0.4, -0.2) is 41.1 Å². The molecule has 40 heavy (non-hydrogen) atoms. The minimum atomic E-state index is -0.734. The van der Waals surface area contributed by atoms with E-state index in [0.29, 0.717) is 36.3 Å². The Morgan fingerprint density at radius 3 is 2.60 bits per heavy atom. The van der Waals surface area contributed by atoms with E-state index in [0.717, 1.165) is 5.57 Å². The fourth-order valence-electron chi connectivity index (χ4n) is 3.79. The lowest BCUT2D eigenvalue weighted by Gasteiger charge is -2.29. The Morgan fingerprint density at radius 1 is 1.27 bits per heavy atom. The summed E-state index contributed by atoms with van der Waals surface area (Å²) in [6.45, 7) is 13.1. The summed E-state index contributed by atoms with van der Waals surface area (Å²) < 4.78 is 5.47. The van der Waals surface area contributed by atoms with Gasteiger partial charge in [-0.3, -0.25) is 9.59 Å². The molecule has 0 unspecified atom stereocenters. The molecule has 0 aromatic carbocycles. The average Bonchev–Trinajstić information content (AvgIpc) is 2.86. The van der Waals surface area contributed by atoms with Crippen molar-refractivity contribution in [2.24, 2.45) is 11.3 Å². The normalized spacial score (nSPS) is 18.9. The van der Waals surface area contributed by atoms with Gasteiger partial charge in [-0.1, -0.05) is 87.1 Å². The molecule has 4 atom stereocenters. The maximum Gasteiger partial charge on any atom is 0.333 e. The topological polar surface area (TPSA) is 105 Å². The third kappa shape index (κ3) is 14.3. The molecule has 0 aliphatic carbocycles. The van der Waals surface area contributed by atoms with Crippen molar-refractivity contribution in [1.29, 1.82) is 0 Å². The zero-order chi connectivity index (χ0) is 30.3. The van der Waals surface area contributed by atoms with Gasteiger partial charge in [0.15, 0.2) is 0 Å². The van der Waals surface area contributed by atoms with Crippen LogP contribution in [0.1, 0.15) is 80.6 Å². The van der Waals surface area contributed by atoms with E-state index in [-0.39, 0.29) is 36.2 Å². The molecular formula is C32H45ClN2O5. The van der Waals surface area contributed by atoms with Crippen LogP contribution >= 0.6 is 11.6 Å². The second-order valence-corrected chi connectivity index (χ2v) is 11.8. The maximum atomic E-state index is 12.7. The van der Waals surface area contributed by atoms with Gasteiger partial charge in [0, 0.05) is 35.8 Å². The monoisotopic (exact) mass is 572 g/mol. The fourth-order valence-corrected chi connectivity index (χ4v) is 3.88. The van der Waals surface area contributed by atoms with Crippen LogP contribution in [0.5, 0.6) is 0 Å². The van der Waals surface area contributed by atoms with Crippen LogP contribution in [0, 0.1) is 23.2 Å². The summed E-state index contributed by atoms with van der Waals surface area (Å²) in [5, 5.41) is 16.1. The van der Waals surface area contributed by atoms with Crippen molar-refractivity contribution in [3.8, 4) is 11.8 Å². The minimum absolute atomic E-state index is 0.0764. The first-order valence-electron chi connectivity index (χ1n) is 13.7. The van der Waals surface area contributed by atoms with Crippen LogP contribution in [-0.2, 0) is 19.1 Å². The Labute approximate surface area is 244 Å². The fraction of sp³-hybridized carbons (Fsp3) is 0.531. The molecule has 1 aliphatic heterocycles. The molecule has 0 spiro atoms. The number of allylic oxidation sites excluding steroid dienone is 4. The highest BCUT2D eigenvalue weighted by Gasteiger charge is 2.32. The van der Waals surface area contributed by atoms with Crippen molar-refractivity contribution >= 4 is 29.4 Å². The minimum Gasteiger partial charge on any atom is -0.458 e. The number of halogens is 1. The number of amides is 2. The van der Waals surface area contributed by atoms with Gasteiger partial charge in [-0.05, 0) is 51.3 Å². The molecule has 0 fully saturated rings. The van der Waals surface area contributed by atoms with Crippen molar-refractivity contribution in [1.82, 2.24) is 10.6 Å². The Hall–Kier alpha value is -3.08. The van der Waals surface area contributed by atoms with Crippen LogP contribution in [0.25, 0.3) is 0 Å². The Balaban J connectivity index is 2.53. The highest BCUT2D eigenvalue weighted by molar-refractivity contribution is 6.29. The van der Waals surface area contributed by atoms with E-state index in [1.807, 2.05) is 52.8 Å². The van der Waals surface area contributed by atoms with Gasteiger partial charge in [-0.2, -0.15) is 0 Å². The lowest BCUT2D eigenvalue weighted by atomic mass is 9.86. The summed E-state index contributed by atoms with van der Waals surface area (Å²) in [5.41, 5.74) is 1.15. The molecule has 7 nitrogen and oxygen atoms in total. The van der Waals surface area contributed by atoms with Crippen molar-refractivity contribution in [3.63, 3.8) is 0 Å². The molecule has 1 aliphatic rings. The number of aliphatic hydroxyl groups is 1.